The SMILES string of the molecule is CC(=O)Nc1cccc(-n2nnc(CO)c2C2CCCO2)c1. The molecule has 1 fully saturated rings. The van der Waals surface area contributed by atoms with Gasteiger partial charge >= 0.3 is 0 Å². The molecular weight excluding hydrogens is 284 g/mol. The minimum absolute atomic E-state index is 0.110. The Hall–Kier alpha value is -2.25. The summed E-state index contributed by atoms with van der Waals surface area (Å²) in [7, 11) is 0. The zero-order chi connectivity index (χ0) is 15.5. The van der Waals surface area contributed by atoms with Crippen molar-refractivity contribution in [3.05, 3.63) is 35.7 Å². The number of hydrogen-bond acceptors (Lipinski definition) is 5. The maximum Gasteiger partial charge on any atom is 0.221 e. The number of ether oxygens (including phenoxy) is 1. The lowest BCUT2D eigenvalue weighted by Gasteiger charge is -2.14. The molecule has 1 saturated heterocycles. The van der Waals surface area contributed by atoms with Crippen molar-refractivity contribution in [2.75, 3.05) is 11.9 Å². The van der Waals surface area contributed by atoms with E-state index in [1.807, 2.05) is 18.2 Å². The van der Waals surface area contributed by atoms with Gasteiger partial charge in [-0.3, -0.25) is 4.79 Å². The standard InChI is InChI=1S/C15H18N4O3/c1-10(21)16-11-4-2-5-12(8-11)19-15(13(9-20)17-18-19)14-6-3-7-22-14/h2,4-5,8,14,20H,3,6-7,9H2,1H3,(H,16,21). The molecule has 2 N–H and O–H groups in total. The predicted molar refractivity (Wildman–Crippen MR) is 79.5 cm³/mol. The summed E-state index contributed by atoms with van der Waals surface area (Å²) in [6, 6.07) is 7.33. The van der Waals surface area contributed by atoms with Crippen LogP contribution in [0.2, 0.25) is 0 Å². The van der Waals surface area contributed by atoms with E-state index in [-0.39, 0.29) is 18.6 Å². The van der Waals surface area contributed by atoms with Crippen LogP contribution in [-0.2, 0) is 16.1 Å². The van der Waals surface area contributed by atoms with Gasteiger partial charge in [-0.15, -0.1) is 5.10 Å². The second kappa shape index (κ2) is 6.25. The van der Waals surface area contributed by atoms with Crippen molar-refractivity contribution in [2.45, 2.75) is 32.5 Å². The molecule has 2 aromatic rings. The van der Waals surface area contributed by atoms with Gasteiger partial charge in [0.15, 0.2) is 0 Å². The van der Waals surface area contributed by atoms with Crippen LogP contribution in [0.4, 0.5) is 5.69 Å². The zero-order valence-corrected chi connectivity index (χ0v) is 12.3. The molecule has 0 spiro atoms. The molecule has 1 aliphatic heterocycles. The van der Waals surface area contributed by atoms with Gasteiger partial charge in [0.05, 0.1) is 18.0 Å². The molecule has 0 bridgehead atoms. The van der Waals surface area contributed by atoms with Gasteiger partial charge in [0.25, 0.3) is 0 Å². The maximum absolute atomic E-state index is 11.2. The van der Waals surface area contributed by atoms with Crippen LogP contribution in [-0.4, -0.2) is 32.6 Å². The minimum Gasteiger partial charge on any atom is -0.390 e. The maximum atomic E-state index is 11.2. The fourth-order valence-corrected chi connectivity index (χ4v) is 2.66. The monoisotopic (exact) mass is 302 g/mol. The summed E-state index contributed by atoms with van der Waals surface area (Å²) in [5.74, 6) is -0.133. The molecule has 1 amide bonds. The molecule has 7 heteroatoms. The highest BCUT2D eigenvalue weighted by Crippen LogP contribution is 2.31. The minimum atomic E-state index is -0.180. The fourth-order valence-electron chi connectivity index (χ4n) is 2.66. The first-order chi connectivity index (χ1) is 10.7. The molecule has 1 aromatic heterocycles. The Kier molecular flexibility index (Phi) is 4.17. The van der Waals surface area contributed by atoms with Crippen LogP contribution in [0, 0.1) is 0 Å². The summed E-state index contributed by atoms with van der Waals surface area (Å²) in [6.07, 6.45) is 1.75. The summed E-state index contributed by atoms with van der Waals surface area (Å²) < 4.78 is 7.39. The van der Waals surface area contributed by atoms with Gasteiger partial charge in [-0.05, 0) is 31.0 Å². The highest BCUT2D eigenvalue weighted by molar-refractivity contribution is 5.88. The van der Waals surface area contributed by atoms with Crippen molar-refractivity contribution in [1.82, 2.24) is 15.0 Å². The number of aromatic nitrogens is 3. The number of nitrogens with one attached hydrogen (secondary N) is 1. The summed E-state index contributed by atoms with van der Waals surface area (Å²) in [4.78, 5) is 11.2. The quantitative estimate of drug-likeness (QED) is 0.895. The second-order valence-corrected chi connectivity index (χ2v) is 5.22. The van der Waals surface area contributed by atoms with E-state index in [0.29, 0.717) is 18.0 Å². The van der Waals surface area contributed by atoms with Crippen LogP contribution in [0.25, 0.3) is 5.69 Å². The largest absolute Gasteiger partial charge is 0.390 e. The Bertz CT molecular complexity index is 677. The van der Waals surface area contributed by atoms with E-state index >= 15 is 0 Å². The van der Waals surface area contributed by atoms with Crippen LogP contribution in [0.15, 0.2) is 24.3 Å². The number of carbonyl (C=O) groups is 1. The molecule has 0 aliphatic carbocycles. The molecule has 1 aliphatic rings. The zero-order valence-electron chi connectivity index (χ0n) is 12.3. The third kappa shape index (κ3) is 2.86. The van der Waals surface area contributed by atoms with Crippen molar-refractivity contribution in [2.24, 2.45) is 0 Å². The number of aliphatic hydroxyl groups is 1. The molecule has 22 heavy (non-hydrogen) atoms. The highest BCUT2D eigenvalue weighted by Gasteiger charge is 2.26. The average molecular weight is 302 g/mol. The average Bonchev–Trinajstić information content (AvgIpc) is 3.15. The van der Waals surface area contributed by atoms with Crippen molar-refractivity contribution in [3.63, 3.8) is 0 Å². The molecule has 1 atom stereocenters. The third-order valence-corrected chi connectivity index (χ3v) is 3.57. The smallest absolute Gasteiger partial charge is 0.221 e. The third-order valence-electron chi connectivity index (χ3n) is 3.57. The first kappa shape index (κ1) is 14.7. The van der Waals surface area contributed by atoms with Gasteiger partial charge in [-0.2, -0.15) is 0 Å². The summed E-state index contributed by atoms with van der Waals surface area (Å²) in [6.45, 7) is 1.98. The molecule has 0 saturated carbocycles. The fraction of sp³-hybridized carbons (Fsp3) is 0.400. The van der Waals surface area contributed by atoms with Crippen molar-refractivity contribution in [3.8, 4) is 5.69 Å². The van der Waals surface area contributed by atoms with Gasteiger partial charge in [0.2, 0.25) is 5.91 Å². The molecule has 3 rings (SSSR count). The van der Waals surface area contributed by atoms with E-state index in [0.717, 1.165) is 24.2 Å². The molecule has 1 unspecified atom stereocenters. The Labute approximate surface area is 127 Å². The van der Waals surface area contributed by atoms with Gasteiger partial charge in [-0.25, -0.2) is 4.68 Å². The van der Waals surface area contributed by atoms with Crippen LogP contribution >= 0.6 is 0 Å². The molecule has 116 valence electrons. The summed E-state index contributed by atoms with van der Waals surface area (Å²) in [5.41, 5.74) is 2.75. The second-order valence-electron chi connectivity index (χ2n) is 5.22. The Morgan fingerprint density at radius 3 is 3.09 bits per heavy atom. The predicted octanol–water partition coefficient (Wildman–Crippen LogP) is 1.57. The van der Waals surface area contributed by atoms with Crippen molar-refractivity contribution in [1.29, 1.82) is 0 Å². The van der Waals surface area contributed by atoms with Crippen LogP contribution in [0.5, 0.6) is 0 Å². The topological polar surface area (TPSA) is 89.3 Å². The Balaban J connectivity index is 2.00. The van der Waals surface area contributed by atoms with Gasteiger partial charge in [0, 0.05) is 19.2 Å². The first-order valence-corrected chi connectivity index (χ1v) is 7.24. The number of aliphatic hydroxyl groups excluding tert-OH is 1. The molecular formula is C15H18N4O3. The first-order valence-electron chi connectivity index (χ1n) is 7.24. The lowest BCUT2D eigenvalue weighted by atomic mass is 10.1. The van der Waals surface area contributed by atoms with Crippen molar-refractivity contribution < 1.29 is 14.6 Å². The Morgan fingerprint density at radius 1 is 1.55 bits per heavy atom. The number of carbonyl (C=O) groups excluding carboxylic acids is 1. The summed E-state index contributed by atoms with van der Waals surface area (Å²) in [5, 5.41) is 20.4. The number of benzene rings is 1. The van der Waals surface area contributed by atoms with Crippen LogP contribution in [0.1, 0.15) is 37.3 Å². The van der Waals surface area contributed by atoms with E-state index in [1.165, 1.54) is 6.92 Å². The van der Waals surface area contributed by atoms with Gasteiger partial charge < -0.3 is 15.2 Å². The normalized spacial score (nSPS) is 17.6. The Morgan fingerprint density at radius 2 is 2.41 bits per heavy atom. The highest BCUT2D eigenvalue weighted by atomic mass is 16.5. The van der Waals surface area contributed by atoms with E-state index < -0.39 is 0 Å². The van der Waals surface area contributed by atoms with Gasteiger partial charge in [-0.1, -0.05) is 11.3 Å². The lowest BCUT2D eigenvalue weighted by molar-refractivity contribution is -0.114. The molecule has 7 nitrogen and oxygen atoms in total. The van der Waals surface area contributed by atoms with E-state index in [9.17, 15) is 9.90 Å². The molecule has 0 radical (unpaired) electrons. The number of hydrogen-bond donors (Lipinski definition) is 2. The van der Waals surface area contributed by atoms with E-state index in [1.54, 1.807) is 10.7 Å². The number of nitrogens with zero attached hydrogens (tertiary/aromatic N) is 3. The van der Waals surface area contributed by atoms with Crippen molar-refractivity contribution >= 4 is 11.6 Å². The van der Waals surface area contributed by atoms with Crippen LogP contribution in [0.3, 0.4) is 0 Å². The number of rotatable bonds is 4. The number of amides is 1. The molecule has 2 heterocycles. The summed E-state index contributed by atoms with van der Waals surface area (Å²) >= 11 is 0. The van der Waals surface area contributed by atoms with E-state index in [4.69, 9.17) is 4.74 Å². The van der Waals surface area contributed by atoms with E-state index in [2.05, 4.69) is 15.6 Å². The molecule has 1 aromatic carbocycles. The number of anilines is 1. The van der Waals surface area contributed by atoms with Crippen LogP contribution < -0.4 is 5.32 Å². The van der Waals surface area contributed by atoms with Gasteiger partial charge in [0.1, 0.15) is 11.8 Å². The lowest BCUT2D eigenvalue weighted by Crippen LogP contribution is -2.10.